The van der Waals surface area contributed by atoms with E-state index in [9.17, 15) is 8.76 Å². The van der Waals surface area contributed by atoms with Gasteiger partial charge in [0.25, 0.3) is 0 Å². The fraction of sp³-hybridized carbons (Fsp3) is 0.100. The van der Waals surface area contributed by atoms with Gasteiger partial charge in [0.15, 0.2) is 0 Å². The Morgan fingerprint density at radius 2 is 2.12 bits per heavy atom. The number of rotatable bonds is 3. The zero-order chi connectivity index (χ0) is 10.7. The van der Waals surface area contributed by atoms with Crippen LogP contribution < -0.4 is 29.6 Å². The zero-order valence-corrected chi connectivity index (χ0v) is 11.7. The number of hydrogen-bond donors (Lipinski definition) is 0. The normalized spacial score (nSPS) is 11.8. The summed E-state index contributed by atoms with van der Waals surface area (Å²) < 4.78 is 23.7. The summed E-state index contributed by atoms with van der Waals surface area (Å²) in [5, 5.41) is 0. The van der Waals surface area contributed by atoms with Crippen molar-refractivity contribution in [2.45, 2.75) is 11.4 Å². The maximum absolute atomic E-state index is 10.9. The van der Waals surface area contributed by atoms with Gasteiger partial charge in [-0.05, 0) is 22.7 Å². The molecule has 1 aromatic carbocycles. The van der Waals surface area contributed by atoms with E-state index in [-0.39, 0.29) is 29.6 Å². The fourth-order valence-electron chi connectivity index (χ4n) is 1.37. The topological polar surface area (TPSA) is 57.9 Å². The van der Waals surface area contributed by atoms with Crippen LogP contribution in [0, 0.1) is 0 Å². The van der Waals surface area contributed by atoms with E-state index in [4.69, 9.17) is 0 Å². The van der Waals surface area contributed by atoms with Crippen LogP contribution in [0.4, 0.5) is 0 Å². The van der Waals surface area contributed by atoms with Crippen molar-refractivity contribution in [2.24, 2.45) is 0 Å². The number of benzene rings is 1. The summed E-state index contributed by atoms with van der Waals surface area (Å²) in [4.78, 5) is 4.24. The van der Waals surface area contributed by atoms with Gasteiger partial charge in [-0.25, -0.2) is 4.98 Å². The molecule has 1 aromatic heterocycles. The Balaban J connectivity index is 0.00000128. The van der Waals surface area contributed by atoms with Crippen LogP contribution in [0.25, 0.3) is 0 Å². The monoisotopic (exact) mass is 244 g/mol. The molecule has 2 rings (SSSR count). The molecule has 78 valence electrons. The Hall–Kier alpha value is -0.460. The molecule has 4 nitrogen and oxygen atoms in total. The molecule has 1 atom stereocenters. The van der Waals surface area contributed by atoms with Gasteiger partial charge in [-0.3, -0.25) is 4.21 Å². The van der Waals surface area contributed by atoms with Crippen LogP contribution in [-0.4, -0.2) is 18.3 Å². The minimum absolute atomic E-state index is 0. The van der Waals surface area contributed by atoms with E-state index in [1.165, 1.54) is 0 Å². The predicted octanol–water partition coefficient (Wildman–Crippen LogP) is -1.83. The molecule has 16 heavy (non-hydrogen) atoms. The van der Waals surface area contributed by atoms with Gasteiger partial charge in [-0.15, -0.1) is 0 Å². The first-order valence-corrected chi connectivity index (χ1v) is 5.48. The van der Waals surface area contributed by atoms with Crippen LogP contribution in [0.2, 0.25) is 0 Å². The van der Waals surface area contributed by atoms with Crippen molar-refractivity contribution in [1.82, 2.24) is 9.55 Å². The molecule has 0 amide bonds. The van der Waals surface area contributed by atoms with Crippen LogP contribution >= 0.6 is 0 Å². The van der Waals surface area contributed by atoms with Crippen molar-refractivity contribution in [2.75, 3.05) is 0 Å². The molecule has 0 aliphatic carbocycles. The van der Waals surface area contributed by atoms with Crippen molar-refractivity contribution in [3.8, 4) is 0 Å². The van der Waals surface area contributed by atoms with Gasteiger partial charge in [0.05, 0.1) is 6.33 Å². The molecule has 1 unspecified atom stereocenters. The molecule has 0 N–H and O–H groups in total. The average Bonchev–Trinajstić information content (AvgIpc) is 2.71. The summed E-state index contributed by atoms with van der Waals surface area (Å²) in [6, 6.07) is 6.92. The molecular weight excluding hydrogens is 235 g/mol. The maximum atomic E-state index is 10.9. The first-order valence-electron chi connectivity index (χ1n) is 4.40. The number of nitrogens with zero attached hydrogens (tertiary/aromatic N) is 2. The molecule has 0 spiro atoms. The maximum Gasteiger partial charge on any atom is 1.00 e. The summed E-state index contributed by atoms with van der Waals surface area (Å²) in [6.45, 7) is 0.518. The van der Waals surface area contributed by atoms with Crippen molar-refractivity contribution < 1.29 is 38.3 Å². The standard InChI is InChI=1S/C10H10N2O2S.Na/c13-15(14)10-4-2-1-3-9(10)7-12-6-5-11-8-12;/h1-6,8H,7H2,(H,13,14);/q;+1/p-1. The third-order valence-corrected chi connectivity index (χ3v) is 2.82. The second-order valence-corrected chi connectivity index (χ2v) is 3.99. The molecule has 0 fully saturated rings. The van der Waals surface area contributed by atoms with E-state index in [1.54, 1.807) is 36.9 Å². The van der Waals surface area contributed by atoms with Crippen LogP contribution in [0.1, 0.15) is 5.56 Å². The number of aromatic nitrogens is 2. The quantitative estimate of drug-likeness (QED) is 0.471. The van der Waals surface area contributed by atoms with Crippen molar-refractivity contribution in [3.63, 3.8) is 0 Å². The third-order valence-electron chi connectivity index (χ3n) is 2.06. The molecule has 0 bridgehead atoms. The predicted molar refractivity (Wildman–Crippen MR) is 55.0 cm³/mol. The average molecular weight is 244 g/mol. The molecule has 0 aliphatic rings. The first-order chi connectivity index (χ1) is 7.27. The van der Waals surface area contributed by atoms with E-state index >= 15 is 0 Å². The van der Waals surface area contributed by atoms with Crippen LogP contribution in [0.5, 0.6) is 0 Å². The summed E-state index contributed by atoms with van der Waals surface area (Å²) in [5.74, 6) is 0. The smallest absolute Gasteiger partial charge is 0.768 e. The molecule has 6 heteroatoms. The van der Waals surface area contributed by atoms with Gasteiger partial charge >= 0.3 is 29.6 Å². The largest absolute Gasteiger partial charge is 1.00 e. The number of hydrogen-bond acceptors (Lipinski definition) is 3. The van der Waals surface area contributed by atoms with E-state index in [1.807, 2.05) is 10.6 Å². The Morgan fingerprint density at radius 3 is 2.75 bits per heavy atom. The van der Waals surface area contributed by atoms with Crippen LogP contribution in [-0.2, 0) is 17.6 Å². The minimum Gasteiger partial charge on any atom is -0.768 e. The van der Waals surface area contributed by atoms with Crippen molar-refractivity contribution in [3.05, 3.63) is 48.5 Å². The summed E-state index contributed by atoms with van der Waals surface area (Å²) >= 11 is -2.19. The Bertz CT molecular complexity index is 473. The molecule has 0 radical (unpaired) electrons. The Kier molecular flexibility index (Phi) is 5.37. The Morgan fingerprint density at radius 1 is 1.38 bits per heavy atom. The second kappa shape index (κ2) is 6.32. The first kappa shape index (κ1) is 13.6. The van der Waals surface area contributed by atoms with Crippen LogP contribution in [0.3, 0.4) is 0 Å². The molecule has 0 aliphatic heterocycles. The number of imidazole rings is 1. The van der Waals surface area contributed by atoms with E-state index in [0.29, 0.717) is 11.4 Å². The Labute approximate surface area is 118 Å². The van der Waals surface area contributed by atoms with Crippen LogP contribution in [0.15, 0.2) is 47.9 Å². The van der Waals surface area contributed by atoms with Gasteiger partial charge in [0.2, 0.25) is 0 Å². The molecule has 1 heterocycles. The van der Waals surface area contributed by atoms with E-state index < -0.39 is 11.1 Å². The van der Waals surface area contributed by atoms with Gasteiger partial charge < -0.3 is 9.12 Å². The third kappa shape index (κ3) is 3.26. The van der Waals surface area contributed by atoms with Gasteiger partial charge in [0, 0.05) is 23.8 Å². The minimum atomic E-state index is -2.19. The van der Waals surface area contributed by atoms with Gasteiger partial charge in [-0.2, -0.15) is 0 Å². The fourth-order valence-corrected chi connectivity index (χ4v) is 1.91. The van der Waals surface area contributed by atoms with Gasteiger partial charge in [0.1, 0.15) is 0 Å². The molecule has 2 aromatic rings. The summed E-state index contributed by atoms with van der Waals surface area (Å²) in [6.07, 6.45) is 5.12. The van der Waals surface area contributed by atoms with Crippen molar-refractivity contribution in [1.29, 1.82) is 0 Å². The molecule has 0 saturated carbocycles. The van der Waals surface area contributed by atoms with Crippen molar-refractivity contribution >= 4 is 11.1 Å². The van der Waals surface area contributed by atoms with Gasteiger partial charge in [-0.1, -0.05) is 18.2 Å². The summed E-state index contributed by atoms with van der Waals surface area (Å²) in [5.41, 5.74) is 0.767. The second-order valence-electron chi connectivity index (χ2n) is 3.08. The van der Waals surface area contributed by atoms with E-state index in [0.717, 1.165) is 5.56 Å². The summed E-state index contributed by atoms with van der Waals surface area (Å²) in [7, 11) is 0. The molecular formula is C10H9N2NaO2S. The zero-order valence-electron chi connectivity index (χ0n) is 8.87. The van der Waals surface area contributed by atoms with E-state index in [2.05, 4.69) is 4.98 Å². The SMILES string of the molecule is O=S([O-])c1ccccc1Cn1ccnc1.[Na+]. The molecule has 0 saturated heterocycles.